The van der Waals surface area contributed by atoms with Crippen LogP contribution in [0.3, 0.4) is 0 Å². The smallest absolute Gasteiger partial charge is 0.255 e. The SMILES string of the molecule is O=C1C2=C(C=C(N3CCCc4cc(C(=O)N5CCCCC5)cnc43)CC2)CC1C1COC1. The molecule has 6 heteroatoms. The number of ether oxygens (including phenoxy) is 1. The number of rotatable bonds is 3. The molecule has 6 nitrogen and oxygen atoms in total. The van der Waals surface area contributed by atoms with Crippen LogP contribution >= 0.6 is 0 Å². The molecule has 3 aliphatic heterocycles. The number of anilines is 1. The van der Waals surface area contributed by atoms with Gasteiger partial charge in [-0.15, -0.1) is 0 Å². The molecule has 0 N–H and O–H groups in total. The van der Waals surface area contributed by atoms with Crippen LogP contribution in [-0.4, -0.2) is 54.4 Å². The molecular formula is C26H31N3O3. The standard InChI is InChI=1S/C26H31N3O3/c30-24-22-7-6-21(12-18(22)13-23(24)20-15-32-16-20)29-10-4-5-17-11-19(14-27-25(17)29)26(31)28-8-2-1-3-9-28/h11-12,14,20,23H,1-10,13,15-16H2. The van der Waals surface area contributed by atoms with Crippen molar-refractivity contribution in [2.45, 2.75) is 51.4 Å². The minimum atomic E-state index is 0.124. The van der Waals surface area contributed by atoms with Gasteiger partial charge in [0.2, 0.25) is 0 Å². The summed E-state index contributed by atoms with van der Waals surface area (Å²) in [6.07, 6.45) is 12.0. The minimum absolute atomic E-state index is 0.124. The van der Waals surface area contributed by atoms with Crippen LogP contribution in [-0.2, 0) is 16.0 Å². The summed E-state index contributed by atoms with van der Waals surface area (Å²) in [6.45, 7) is 4.13. The molecule has 1 aromatic heterocycles. The van der Waals surface area contributed by atoms with Gasteiger partial charge in [-0.1, -0.05) is 0 Å². The van der Waals surface area contributed by atoms with Crippen molar-refractivity contribution in [2.75, 3.05) is 37.7 Å². The van der Waals surface area contributed by atoms with Crippen LogP contribution in [0, 0.1) is 11.8 Å². The Morgan fingerprint density at radius 3 is 2.66 bits per heavy atom. The highest BCUT2D eigenvalue weighted by Crippen LogP contribution is 2.43. The molecule has 0 aromatic carbocycles. The van der Waals surface area contributed by atoms with Gasteiger partial charge >= 0.3 is 0 Å². The lowest BCUT2D eigenvalue weighted by Gasteiger charge is -2.34. The fraction of sp³-hybridized carbons (Fsp3) is 0.577. The molecule has 168 valence electrons. The van der Waals surface area contributed by atoms with E-state index in [1.54, 1.807) is 6.20 Å². The first-order chi connectivity index (χ1) is 15.7. The van der Waals surface area contributed by atoms with Crippen molar-refractivity contribution in [1.82, 2.24) is 9.88 Å². The number of nitrogens with zero attached hydrogens (tertiary/aromatic N) is 3. The molecule has 2 fully saturated rings. The lowest BCUT2D eigenvalue weighted by atomic mass is 9.86. The van der Waals surface area contributed by atoms with E-state index in [1.807, 2.05) is 4.90 Å². The molecule has 0 radical (unpaired) electrons. The van der Waals surface area contributed by atoms with Gasteiger partial charge in [-0.05, 0) is 80.2 Å². The number of carbonyl (C=O) groups excluding carboxylic acids is 2. The van der Waals surface area contributed by atoms with E-state index < -0.39 is 0 Å². The molecule has 6 rings (SSSR count). The third-order valence-electron chi connectivity index (χ3n) is 7.93. The van der Waals surface area contributed by atoms with Crippen LogP contribution in [0.1, 0.15) is 60.9 Å². The number of ketones is 1. The van der Waals surface area contributed by atoms with E-state index in [2.05, 4.69) is 17.0 Å². The number of likely N-dealkylation sites (tertiary alicyclic amines) is 1. The average Bonchev–Trinajstić information content (AvgIpc) is 3.12. The Morgan fingerprint density at radius 1 is 1.03 bits per heavy atom. The number of allylic oxidation sites excluding steroid dienone is 4. The molecule has 32 heavy (non-hydrogen) atoms. The fourth-order valence-corrected chi connectivity index (χ4v) is 6.01. The summed E-state index contributed by atoms with van der Waals surface area (Å²) < 4.78 is 5.34. The first-order valence-corrected chi connectivity index (χ1v) is 12.3. The second kappa shape index (κ2) is 8.14. The van der Waals surface area contributed by atoms with E-state index in [0.29, 0.717) is 11.7 Å². The van der Waals surface area contributed by atoms with Crippen LogP contribution < -0.4 is 4.90 Å². The summed E-state index contributed by atoms with van der Waals surface area (Å²) in [5, 5.41) is 0. The van der Waals surface area contributed by atoms with E-state index in [4.69, 9.17) is 9.72 Å². The Labute approximate surface area is 189 Å². The zero-order valence-electron chi connectivity index (χ0n) is 18.6. The topological polar surface area (TPSA) is 62.7 Å². The zero-order valence-corrected chi connectivity index (χ0v) is 18.6. The summed E-state index contributed by atoms with van der Waals surface area (Å²) in [7, 11) is 0. The molecule has 1 aromatic rings. The Morgan fingerprint density at radius 2 is 1.88 bits per heavy atom. The number of hydrogen-bond acceptors (Lipinski definition) is 5. The molecule has 0 spiro atoms. The molecule has 0 bridgehead atoms. The zero-order chi connectivity index (χ0) is 21.7. The number of Topliss-reactive ketones (excluding diaryl/α,β-unsaturated/α-hetero) is 1. The number of pyridine rings is 1. The molecule has 5 aliphatic rings. The van der Waals surface area contributed by atoms with Gasteiger partial charge in [-0.25, -0.2) is 4.98 Å². The maximum absolute atomic E-state index is 13.0. The number of fused-ring (bicyclic) bond motifs is 1. The molecular weight excluding hydrogens is 402 g/mol. The molecule has 1 amide bonds. The molecule has 0 saturated carbocycles. The van der Waals surface area contributed by atoms with Gasteiger partial charge < -0.3 is 14.5 Å². The molecule has 4 heterocycles. The first kappa shape index (κ1) is 20.2. The van der Waals surface area contributed by atoms with Crippen LogP contribution in [0.15, 0.2) is 35.2 Å². The lowest BCUT2D eigenvalue weighted by Crippen LogP contribution is -2.37. The van der Waals surface area contributed by atoms with Crippen molar-refractivity contribution < 1.29 is 14.3 Å². The maximum Gasteiger partial charge on any atom is 0.255 e. The van der Waals surface area contributed by atoms with Crippen molar-refractivity contribution in [2.24, 2.45) is 11.8 Å². The molecule has 2 aliphatic carbocycles. The van der Waals surface area contributed by atoms with Gasteiger partial charge in [0.05, 0.1) is 18.8 Å². The Kier molecular flexibility index (Phi) is 5.13. The van der Waals surface area contributed by atoms with Crippen molar-refractivity contribution in [3.05, 3.63) is 46.3 Å². The van der Waals surface area contributed by atoms with E-state index in [9.17, 15) is 9.59 Å². The summed E-state index contributed by atoms with van der Waals surface area (Å²) in [5.41, 5.74) is 5.45. The third kappa shape index (κ3) is 3.40. The summed E-state index contributed by atoms with van der Waals surface area (Å²) >= 11 is 0. The summed E-state index contributed by atoms with van der Waals surface area (Å²) in [5.74, 6) is 2.01. The monoisotopic (exact) mass is 433 g/mol. The van der Waals surface area contributed by atoms with Crippen molar-refractivity contribution in [1.29, 1.82) is 0 Å². The van der Waals surface area contributed by atoms with Gasteiger partial charge in [0.25, 0.3) is 5.91 Å². The van der Waals surface area contributed by atoms with E-state index in [0.717, 1.165) is 94.7 Å². The van der Waals surface area contributed by atoms with E-state index in [-0.39, 0.29) is 11.8 Å². The number of amides is 1. The predicted molar refractivity (Wildman–Crippen MR) is 121 cm³/mol. The molecule has 2 saturated heterocycles. The molecule has 1 unspecified atom stereocenters. The lowest BCUT2D eigenvalue weighted by molar-refractivity contribution is -0.127. The number of carbonyl (C=O) groups is 2. The van der Waals surface area contributed by atoms with E-state index >= 15 is 0 Å². The quantitative estimate of drug-likeness (QED) is 0.728. The number of aryl methyl sites for hydroxylation is 1. The van der Waals surface area contributed by atoms with Gasteiger partial charge in [0, 0.05) is 43.4 Å². The van der Waals surface area contributed by atoms with Gasteiger partial charge in [0.1, 0.15) is 5.82 Å². The maximum atomic E-state index is 13.0. The summed E-state index contributed by atoms with van der Waals surface area (Å²) in [4.78, 5) is 34.9. The van der Waals surface area contributed by atoms with Crippen LogP contribution in [0.5, 0.6) is 0 Å². The summed E-state index contributed by atoms with van der Waals surface area (Å²) in [6, 6.07) is 2.07. The van der Waals surface area contributed by atoms with Gasteiger partial charge in [0.15, 0.2) is 5.78 Å². The van der Waals surface area contributed by atoms with Crippen molar-refractivity contribution in [3.8, 4) is 0 Å². The van der Waals surface area contributed by atoms with Crippen molar-refractivity contribution in [3.63, 3.8) is 0 Å². The highest BCUT2D eigenvalue weighted by atomic mass is 16.5. The fourth-order valence-electron chi connectivity index (χ4n) is 6.01. The second-order valence-electron chi connectivity index (χ2n) is 9.93. The number of piperidine rings is 1. The highest BCUT2D eigenvalue weighted by Gasteiger charge is 2.41. The number of hydrogen-bond donors (Lipinski definition) is 0. The Hall–Kier alpha value is -2.47. The van der Waals surface area contributed by atoms with Gasteiger partial charge in [-0.2, -0.15) is 0 Å². The van der Waals surface area contributed by atoms with Crippen LogP contribution in [0.4, 0.5) is 5.82 Å². The Balaban J connectivity index is 1.24. The minimum Gasteiger partial charge on any atom is -0.381 e. The van der Waals surface area contributed by atoms with Crippen LogP contribution in [0.2, 0.25) is 0 Å². The van der Waals surface area contributed by atoms with E-state index in [1.165, 1.54) is 23.3 Å². The van der Waals surface area contributed by atoms with Gasteiger partial charge in [-0.3, -0.25) is 9.59 Å². The number of aromatic nitrogens is 1. The third-order valence-corrected chi connectivity index (χ3v) is 7.93. The predicted octanol–water partition coefficient (Wildman–Crippen LogP) is 3.67. The first-order valence-electron chi connectivity index (χ1n) is 12.3. The normalized spacial score (nSPS) is 25.9. The van der Waals surface area contributed by atoms with Crippen molar-refractivity contribution >= 4 is 17.5 Å². The van der Waals surface area contributed by atoms with Crippen LogP contribution in [0.25, 0.3) is 0 Å². The largest absolute Gasteiger partial charge is 0.381 e. The molecule has 1 atom stereocenters. The Bertz CT molecular complexity index is 1020. The highest BCUT2D eigenvalue weighted by molar-refractivity contribution is 6.02. The second-order valence-corrected chi connectivity index (χ2v) is 9.93. The average molecular weight is 434 g/mol.